The number of hydrogen-bond donors (Lipinski definition) is 1. The maximum absolute atomic E-state index is 8.42. The molecule has 0 saturated carbocycles. The second-order valence-electron chi connectivity index (χ2n) is 2.03. The Morgan fingerprint density at radius 3 is 2.22 bits per heavy atom. The Kier molecular flexibility index (Phi) is 10.9. The molecule has 0 aliphatic carbocycles. The summed E-state index contributed by atoms with van der Waals surface area (Å²) in [5, 5.41) is 8.42. The van der Waals surface area contributed by atoms with Crippen LogP contribution in [0.2, 0.25) is 0 Å². The minimum absolute atomic E-state index is 0. The van der Waals surface area contributed by atoms with Crippen LogP contribution in [0.4, 0.5) is 0 Å². The Morgan fingerprint density at radius 2 is 1.89 bits per heavy atom. The number of likely N-dealkylation sites (N-methyl/N-ethyl adjacent to an activating group) is 1. The van der Waals surface area contributed by atoms with Gasteiger partial charge in [0.1, 0.15) is 0 Å². The summed E-state index contributed by atoms with van der Waals surface area (Å²) in [5.74, 6) is 0. The minimum Gasteiger partial charge on any atom is -0.395 e. The van der Waals surface area contributed by atoms with E-state index in [9.17, 15) is 0 Å². The molecule has 1 N–H and O–H groups in total. The molecule has 2 nitrogen and oxygen atoms in total. The lowest BCUT2D eigenvalue weighted by Crippen LogP contribution is -2.22. The van der Waals surface area contributed by atoms with Gasteiger partial charge in [-0.3, -0.25) is 0 Å². The summed E-state index contributed by atoms with van der Waals surface area (Å²) in [4.78, 5) is 2.11. The second-order valence-corrected chi connectivity index (χ2v) is 2.03. The van der Waals surface area contributed by atoms with Crippen molar-refractivity contribution in [1.82, 2.24) is 4.90 Å². The van der Waals surface area contributed by atoms with Crippen molar-refractivity contribution >= 4 is 12.4 Å². The molecule has 0 aromatic heterocycles. The fourth-order valence-corrected chi connectivity index (χ4v) is 0.664. The zero-order chi connectivity index (χ0) is 6.41. The first-order valence-corrected chi connectivity index (χ1v) is 3.10. The molecule has 0 atom stereocenters. The van der Waals surface area contributed by atoms with Gasteiger partial charge in [-0.1, -0.05) is 6.92 Å². The number of aliphatic hydroxyl groups is 1. The Morgan fingerprint density at radius 1 is 1.33 bits per heavy atom. The maximum atomic E-state index is 8.42. The van der Waals surface area contributed by atoms with Gasteiger partial charge >= 0.3 is 0 Å². The zero-order valence-electron chi connectivity index (χ0n) is 6.13. The lowest BCUT2D eigenvalue weighted by atomic mass is 10.4. The van der Waals surface area contributed by atoms with E-state index >= 15 is 0 Å². The van der Waals surface area contributed by atoms with Crippen LogP contribution in [0, 0.1) is 0 Å². The summed E-state index contributed by atoms with van der Waals surface area (Å²) in [6.07, 6.45) is 1.16. The zero-order valence-corrected chi connectivity index (χ0v) is 6.95. The Hall–Kier alpha value is 0.210. The standard InChI is InChI=1S/C6H15NO.ClH/c1-3-4-7(2)5-6-8;/h8H,3-6H2,1-2H3;1H. The predicted octanol–water partition coefficient (Wildman–Crippen LogP) is 0.742. The lowest BCUT2D eigenvalue weighted by Gasteiger charge is -2.12. The number of hydrogen-bond acceptors (Lipinski definition) is 2. The summed E-state index contributed by atoms with van der Waals surface area (Å²) >= 11 is 0. The van der Waals surface area contributed by atoms with Crippen LogP contribution in [0.1, 0.15) is 13.3 Å². The molecule has 0 unspecified atom stereocenters. The maximum Gasteiger partial charge on any atom is 0.0558 e. The van der Waals surface area contributed by atoms with E-state index in [-0.39, 0.29) is 19.0 Å². The van der Waals surface area contributed by atoms with E-state index in [2.05, 4.69) is 11.8 Å². The molecular weight excluding hydrogens is 138 g/mol. The number of halogens is 1. The molecule has 58 valence electrons. The van der Waals surface area contributed by atoms with Gasteiger partial charge in [0.2, 0.25) is 0 Å². The Labute approximate surface area is 63.3 Å². The van der Waals surface area contributed by atoms with Crippen molar-refractivity contribution in [2.24, 2.45) is 0 Å². The lowest BCUT2D eigenvalue weighted by molar-refractivity contribution is 0.222. The van der Waals surface area contributed by atoms with Crippen molar-refractivity contribution in [2.75, 3.05) is 26.7 Å². The van der Waals surface area contributed by atoms with Crippen LogP contribution < -0.4 is 0 Å². The number of nitrogens with zero attached hydrogens (tertiary/aromatic N) is 1. The van der Waals surface area contributed by atoms with Crippen LogP contribution in [-0.2, 0) is 0 Å². The first-order chi connectivity index (χ1) is 3.81. The molecule has 3 heteroatoms. The van der Waals surface area contributed by atoms with Crippen molar-refractivity contribution in [1.29, 1.82) is 0 Å². The molecule has 0 aromatic rings. The monoisotopic (exact) mass is 153 g/mol. The molecule has 9 heavy (non-hydrogen) atoms. The average Bonchev–Trinajstić information content (AvgIpc) is 1.68. The van der Waals surface area contributed by atoms with E-state index in [0.717, 1.165) is 19.5 Å². The average molecular weight is 154 g/mol. The predicted molar refractivity (Wildman–Crippen MR) is 42.1 cm³/mol. The summed E-state index contributed by atoms with van der Waals surface area (Å²) in [7, 11) is 2.01. The van der Waals surface area contributed by atoms with E-state index < -0.39 is 0 Å². The van der Waals surface area contributed by atoms with Gasteiger partial charge in [0.15, 0.2) is 0 Å². The van der Waals surface area contributed by atoms with Gasteiger partial charge in [-0.15, -0.1) is 12.4 Å². The molecular formula is C6H16ClNO. The van der Waals surface area contributed by atoms with Gasteiger partial charge in [-0.2, -0.15) is 0 Å². The van der Waals surface area contributed by atoms with Crippen molar-refractivity contribution in [3.63, 3.8) is 0 Å². The van der Waals surface area contributed by atoms with Gasteiger partial charge < -0.3 is 10.0 Å². The Balaban J connectivity index is 0. The summed E-state index contributed by atoms with van der Waals surface area (Å²) in [5.41, 5.74) is 0. The van der Waals surface area contributed by atoms with Crippen LogP contribution in [0.25, 0.3) is 0 Å². The van der Waals surface area contributed by atoms with Gasteiger partial charge in [-0.05, 0) is 20.0 Å². The van der Waals surface area contributed by atoms with Crippen LogP contribution >= 0.6 is 12.4 Å². The van der Waals surface area contributed by atoms with Gasteiger partial charge in [0, 0.05) is 6.54 Å². The quantitative estimate of drug-likeness (QED) is 0.644. The first-order valence-electron chi connectivity index (χ1n) is 3.10. The van der Waals surface area contributed by atoms with Crippen LogP contribution in [-0.4, -0.2) is 36.8 Å². The van der Waals surface area contributed by atoms with Gasteiger partial charge in [0.25, 0.3) is 0 Å². The molecule has 0 aliphatic rings. The first kappa shape index (κ1) is 11.9. The fraction of sp³-hybridized carbons (Fsp3) is 1.00. The highest BCUT2D eigenvalue weighted by atomic mass is 35.5. The van der Waals surface area contributed by atoms with E-state index in [1.54, 1.807) is 0 Å². The van der Waals surface area contributed by atoms with Crippen molar-refractivity contribution < 1.29 is 5.11 Å². The molecule has 0 fully saturated rings. The van der Waals surface area contributed by atoms with Crippen LogP contribution in [0.15, 0.2) is 0 Å². The molecule has 0 rings (SSSR count). The minimum atomic E-state index is 0. The second kappa shape index (κ2) is 8.21. The SMILES string of the molecule is CCCN(C)CCO.Cl. The van der Waals surface area contributed by atoms with E-state index in [1.165, 1.54) is 0 Å². The highest BCUT2D eigenvalue weighted by molar-refractivity contribution is 5.85. The molecule has 0 saturated heterocycles. The molecule has 0 aliphatic heterocycles. The summed E-state index contributed by atoms with van der Waals surface area (Å²) in [6, 6.07) is 0. The van der Waals surface area contributed by atoms with Crippen molar-refractivity contribution in [2.45, 2.75) is 13.3 Å². The summed E-state index contributed by atoms with van der Waals surface area (Å²) in [6.45, 7) is 4.29. The van der Waals surface area contributed by atoms with E-state index in [1.807, 2.05) is 7.05 Å². The van der Waals surface area contributed by atoms with E-state index in [4.69, 9.17) is 5.11 Å². The normalized spacial score (nSPS) is 9.33. The molecule has 0 spiro atoms. The van der Waals surface area contributed by atoms with Crippen LogP contribution in [0.3, 0.4) is 0 Å². The third-order valence-electron chi connectivity index (χ3n) is 1.09. The largest absolute Gasteiger partial charge is 0.395 e. The smallest absolute Gasteiger partial charge is 0.0558 e. The molecule has 0 bridgehead atoms. The van der Waals surface area contributed by atoms with E-state index in [0.29, 0.717) is 0 Å². The topological polar surface area (TPSA) is 23.5 Å². The molecule has 0 aromatic carbocycles. The molecule has 0 radical (unpaired) electrons. The van der Waals surface area contributed by atoms with Crippen molar-refractivity contribution in [3.05, 3.63) is 0 Å². The fourth-order valence-electron chi connectivity index (χ4n) is 0.664. The molecule has 0 amide bonds. The van der Waals surface area contributed by atoms with Crippen LogP contribution in [0.5, 0.6) is 0 Å². The van der Waals surface area contributed by atoms with Crippen molar-refractivity contribution in [3.8, 4) is 0 Å². The molecule has 0 heterocycles. The number of rotatable bonds is 4. The van der Waals surface area contributed by atoms with Gasteiger partial charge in [-0.25, -0.2) is 0 Å². The summed E-state index contributed by atoms with van der Waals surface area (Å²) < 4.78 is 0. The highest BCUT2D eigenvalue weighted by Crippen LogP contribution is 1.82. The third-order valence-corrected chi connectivity index (χ3v) is 1.09. The Bertz CT molecular complexity index is 46.3. The highest BCUT2D eigenvalue weighted by Gasteiger charge is 1.91. The third kappa shape index (κ3) is 8.21. The van der Waals surface area contributed by atoms with Gasteiger partial charge in [0.05, 0.1) is 6.61 Å². The number of aliphatic hydroxyl groups excluding tert-OH is 1.